The highest BCUT2D eigenvalue weighted by atomic mass is 32.2. The molecular formula is C7H10N2O3S. The lowest BCUT2D eigenvalue weighted by atomic mass is 10.3. The summed E-state index contributed by atoms with van der Waals surface area (Å²) in [6.07, 6.45) is 3.35. The fraction of sp³-hybridized carbons (Fsp3) is 0.571. The number of sulfone groups is 1. The maximum Gasteiger partial charge on any atom is 0.153 e. The van der Waals surface area contributed by atoms with Crippen LogP contribution in [-0.2, 0) is 9.84 Å². The fourth-order valence-electron chi connectivity index (χ4n) is 1.51. The highest BCUT2D eigenvalue weighted by Crippen LogP contribution is 2.23. The molecule has 1 saturated heterocycles. The molecule has 6 heteroatoms. The first-order chi connectivity index (χ1) is 6.07. The summed E-state index contributed by atoms with van der Waals surface area (Å²) in [6, 6.07) is -0.106. The predicted octanol–water partition coefficient (Wildman–Crippen LogP) is -0.0517. The van der Waals surface area contributed by atoms with Crippen LogP contribution in [0.25, 0.3) is 0 Å². The lowest BCUT2D eigenvalue weighted by molar-refractivity contribution is 0.465. The van der Waals surface area contributed by atoms with Gasteiger partial charge in [-0.05, 0) is 6.42 Å². The van der Waals surface area contributed by atoms with Gasteiger partial charge in [0.1, 0.15) is 0 Å². The zero-order valence-electron chi connectivity index (χ0n) is 6.92. The molecule has 2 rings (SSSR count). The number of hydrogen-bond acceptors (Lipinski definition) is 4. The molecule has 1 unspecified atom stereocenters. The Morgan fingerprint density at radius 2 is 2.38 bits per heavy atom. The van der Waals surface area contributed by atoms with Crippen molar-refractivity contribution in [1.82, 2.24) is 9.78 Å². The molecule has 1 atom stereocenters. The standard InChI is InChI=1S/C7H10N2O3S/c10-7-3-8-9(4-7)6-1-2-13(11,12)5-6/h3-4,6,10H,1-2,5H2. The zero-order valence-corrected chi connectivity index (χ0v) is 7.74. The van der Waals surface area contributed by atoms with Crippen LogP contribution < -0.4 is 0 Å². The van der Waals surface area contributed by atoms with E-state index >= 15 is 0 Å². The Kier molecular flexibility index (Phi) is 1.80. The molecule has 0 amide bonds. The van der Waals surface area contributed by atoms with E-state index in [1.807, 2.05) is 0 Å². The largest absolute Gasteiger partial charge is 0.505 e. The Bertz CT molecular complexity index is 409. The smallest absolute Gasteiger partial charge is 0.153 e. The van der Waals surface area contributed by atoms with Gasteiger partial charge in [0, 0.05) is 0 Å². The third kappa shape index (κ3) is 1.67. The normalized spacial score (nSPS) is 26.3. The van der Waals surface area contributed by atoms with Gasteiger partial charge < -0.3 is 5.11 Å². The highest BCUT2D eigenvalue weighted by molar-refractivity contribution is 7.91. The third-order valence-corrected chi connectivity index (χ3v) is 3.92. The van der Waals surface area contributed by atoms with Crippen LogP contribution in [0, 0.1) is 0 Å². The van der Waals surface area contributed by atoms with Gasteiger partial charge in [-0.2, -0.15) is 5.10 Å². The third-order valence-electron chi connectivity index (χ3n) is 2.17. The quantitative estimate of drug-likeness (QED) is 0.693. The van der Waals surface area contributed by atoms with Crippen molar-refractivity contribution in [2.45, 2.75) is 12.5 Å². The molecule has 13 heavy (non-hydrogen) atoms. The summed E-state index contributed by atoms with van der Waals surface area (Å²) in [5.41, 5.74) is 0. The molecule has 1 aromatic heterocycles. The summed E-state index contributed by atoms with van der Waals surface area (Å²) in [5, 5.41) is 12.9. The fourth-order valence-corrected chi connectivity index (χ4v) is 3.22. The Morgan fingerprint density at radius 1 is 1.62 bits per heavy atom. The number of aromatic nitrogens is 2. The Balaban J connectivity index is 2.21. The van der Waals surface area contributed by atoms with E-state index < -0.39 is 9.84 Å². The van der Waals surface area contributed by atoms with Crippen molar-refractivity contribution in [3.8, 4) is 5.75 Å². The Hall–Kier alpha value is -1.04. The Labute approximate surface area is 75.9 Å². The van der Waals surface area contributed by atoms with E-state index in [9.17, 15) is 8.42 Å². The average Bonchev–Trinajstić information content (AvgIpc) is 2.56. The first-order valence-corrected chi connectivity index (χ1v) is 5.82. The van der Waals surface area contributed by atoms with Crippen molar-refractivity contribution in [2.75, 3.05) is 11.5 Å². The molecule has 1 aliphatic heterocycles. The molecule has 0 radical (unpaired) electrons. The van der Waals surface area contributed by atoms with Crippen LogP contribution in [0.15, 0.2) is 12.4 Å². The molecule has 0 aromatic carbocycles. The van der Waals surface area contributed by atoms with E-state index in [1.54, 1.807) is 0 Å². The highest BCUT2D eigenvalue weighted by Gasteiger charge is 2.29. The van der Waals surface area contributed by atoms with E-state index in [1.165, 1.54) is 17.1 Å². The van der Waals surface area contributed by atoms with Gasteiger partial charge >= 0.3 is 0 Å². The predicted molar refractivity (Wildman–Crippen MR) is 46.2 cm³/mol. The zero-order chi connectivity index (χ0) is 9.47. The van der Waals surface area contributed by atoms with Gasteiger partial charge in [-0.3, -0.25) is 4.68 Å². The van der Waals surface area contributed by atoms with Crippen molar-refractivity contribution in [3.05, 3.63) is 12.4 Å². The van der Waals surface area contributed by atoms with Gasteiger partial charge in [-0.1, -0.05) is 0 Å². The second kappa shape index (κ2) is 2.73. The summed E-state index contributed by atoms with van der Waals surface area (Å²) in [7, 11) is -2.88. The van der Waals surface area contributed by atoms with Crippen molar-refractivity contribution in [2.24, 2.45) is 0 Å². The number of rotatable bonds is 1. The SMILES string of the molecule is O=S1(=O)CCC(n2cc(O)cn2)C1. The van der Waals surface area contributed by atoms with E-state index in [2.05, 4.69) is 5.10 Å². The summed E-state index contributed by atoms with van der Waals surface area (Å²) >= 11 is 0. The summed E-state index contributed by atoms with van der Waals surface area (Å²) < 4.78 is 23.7. The molecule has 0 spiro atoms. The number of nitrogens with zero attached hydrogens (tertiary/aromatic N) is 2. The molecule has 0 aliphatic carbocycles. The molecule has 0 saturated carbocycles. The minimum absolute atomic E-state index is 0.0734. The van der Waals surface area contributed by atoms with Crippen LogP contribution in [0.2, 0.25) is 0 Å². The minimum atomic E-state index is -2.88. The lowest BCUT2D eigenvalue weighted by Crippen LogP contribution is -2.11. The van der Waals surface area contributed by atoms with E-state index in [4.69, 9.17) is 5.11 Å². The second-order valence-corrected chi connectivity index (χ2v) is 5.46. The summed E-state index contributed by atoms with van der Waals surface area (Å²) in [5.74, 6) is 0.427. The lowest BCUT2D eigenvalue weighted by Gasteiger charge is -2.06. The first kappa shape index (κ1) is 8.55. The molecule has 1 N–H and O–H groups in total. The molecule has 2 heterocycles. The Morgan fingerprint density at radius 3 is 2.85 bits per heavy atom. The van der Waals surface area contributed by atoms with Gasteiger partial charge in [0.25, 0.3) is 0 Å². The van der Waals surface area contributed by atoms with Crippen molar-refractivity contribution >= 4 is 9.84 Å². The van der Waals surface area contributed by atoms with Gasteiger partial charge in [0.05, 0.1) is 29.9 Å². The van der Waals surface area contributed by atoms with Gasteiger partial charge in [0.2, 0.25) is 0 Å². The van der Waals surface area contributed by atoms with Crippen LogP contribution in [-0.4, -0.2) is 34.8 Å². The van der Waals surface area contributed by atoms with Crippen LogP contribution in [0.1, 0.15) is 12.5 Å². The molecule has 1 fully saturated rings. The van der Waals surface area contributed by atoms with Crippen LogP contribution in [0.5, 0.6) is 5.75 Å². The van der Waals surface area contributed by atoms with Crippen LogP contribution in [0.4, 0.5) is 0 Å². The maximum atomic E-state index is 11.1. The molecule has 1 aromatic rings. The molecular weight excluding hydrogens is 192 g/mol. The van der Waals surface area contributed by atoms with Crippen molar-refractivity contribution in [1.29, 1.82) is 0 Å². The number of hydrogen-bond donors (Lipinski definition) is 1. The summed E-state index contributed by atoms with van der Waals surface area (Å²) in [6.45, 7) is 0. The second-order valence-electron chi connectivity index (χ2n) is 3.24. The van der Waals surface area contributed by atoms with E-state index in [0.717, 1.165) is 0 Å². The van der Waals surface area contributed by atoms with Gasteiger partial charge in [-0.25, -0.2) is 8.42 Å². The average molecular weight is 202 g/mol. The molecule has 5 nitrogen and oxygen atoms in total. The molecule has 72 valence electrons. The topological polar surface area (TPSA) is 72.2 Å². The molecule has 0 bridgehead atoms. The van der Waals surface area contributed by atoms with E-state index in [0.29, 0.717) is 6.42 Å². The van der Waals surface area contributed by atoms with Crippen LogP contribution >= 0.6 is 0 Å². The van der Waals surface area contributed by atoms with Crippen molar-refractivity contribution < 1.29 is 13.5 Å². The monoisotopic (exact) mass is 202 g/mol. The first-order valence-electron chi connectivity index (χ1n) is 4.00. The van der Waals surface area contributed by atoms with Gasteiger partial charge in [0.15, 0.2) is 15.6 Å². The van der Waals surface area contributed by atoms with E-state index in [-0.39, 0.29) is 23.3 Å². The van der Waals surface area contributed by atoms with Crippen molar-refractivity contribution in [3.63, 3.8) is 0 Å². The van der Waals surface area contributed by atoms with Gasteiger partial charge in [-0.15, -0.1) is 0 Å². The molecule has 1 aliphatic rings. The minimum Gasteiger partial charge on any atom is -0.505 e. The van der Waals surface area contributed by atoms with Crippen LogP contribution in [0.3, 0.4) is 0 Å². The number of aromatic hydroxyl groups is 1. The maximum absolute atomic E-state index is 11.1. The summed E-state index contributed by atoms with van der Waals surface area (Å²) in [4.78, 5) is 0.